The summed E-state index contributed by atoms with van der Waals surface area (Å²) in [7, 11) is 0. The van der Waals surface area contributed by atoms with Gasteiger partial charge in [0.05, 0.1) is 0 Å². The van der Waals surface area contributed by atoms with E-state index in [2.05, 4.69) is 12.2 Å². The molecule has 0 spiro atoms. The van der Waals surface area contributed by atoms with Crippen LogP contribution in [0.15, 0.2) is 0 Å². The van der Waals surface area contributed by atoms with Gasteiger partial charge in [-0.05, 0) is 18.8 Å². The Balaban J connectivity index is 1.89. The summed E-state index contributed by atoms with van der Waals surface area (Å²) in [6, 6.07) is 0.139. The maximum atomic E-state index is 11.2. The van der Waals surface area contributed by atoms with Crippen molar-refractivity contribution < 1.29 is 9.59 Å². The molecule has 0 aromatic rings. The van der Waals surface area contributed by atoms with E-state index in [0.29, 0.717) is 12.0 Å². The fourth-order valence-corrected chi connectivity index (χ4v) is 2.02. The van der Waals surface area contributed by atoms with E-state index < -0.39 is 0 Å². The van der Waals surface area contributed by atoms with Crippen molar-refractivity contribution in [3.05, 3.63) is 0 Å². The summed E-state index contributed by atoms with van der Waals surface area (Å²) in [4.78, 5) is 23.8. The molecule has 1 heterocycles. The Morgan fingerprint density at radius 2 is 2.31 bits per heavy atom. The van der Waals surface area contributed by atoms with Crippen LogP contribution in [-0.4, -0.2) is 29.4 Å². The molecule has 4 heteroatoms. The van der Waals surface area contributed by atoms with E-state index in [1.165, 1.54) is 6.42 Å². The van der Waals surface area contributed by atoms with Crippen molar-refractivity contribution in [3.63, 3.8) is 0 Å². The molecule has 13 heavy (non-hydrogen) atoms. The highest BCUT2D eigenvalue weighted by Gasteiger charge is 2.46. The average Bonchev–Trinajstić information content (AvgIpc) is 2.73. The first-order chi connectivity index (χ1) is 6.22. The summed E-state index contributed by atoms with van der Waals surface area (Å²) in [5.74, 6) is 0.480. The van der Waals surface area contributed by atoms with Crippen LogP contribution in [0.5, 0.6) is 0 Å². The molecule has 3 amide bonds. The van der Waals surface area contributed by atoms with Crippen molar-refractivity contribution in [1.29, 1.82) is 0 Å². The van der Waals surface area contributed by atoms with Crippen molar-refractivity contribution in [2.45, 2.75) is 32.2 Å². The highest BCUT2D eigenvalue weighted by molar-refractivity contribution is 6.02. The van der Waals surface area contributed by atoms with Gasteiger partial charge in [-0.1, -0.05) is 13.3 Å². The number of rotatable bonds is 3. The molecule has 0 radical (unpaired) electrons. The van der Waals surface area contributed by atoms with E-state index in [0.717, 1.165) is 12.8 Å². The molecule has 72 valence electrons. The van der Waals surface area contributed by atoms with Crippen LogP contribution in [-0.2, 0) is 4.79 Å². The van der Waals surface area contributed by atoms with E-state index in [-0.39, 0.29) is 18.5 Å². The topological polar surface area (TPSA) is 49.4 Å². The molecule has 1 saturated heterocycles. The van der Waals surface area contributed by atoms with Crippen LogP contribution in [0, 0.1) is 5.92 Å². The number of hydrogen-bond donors (Lipinski definition) is 1. The Hall–Kier alpha value is -1.06. The number of nitrogens with zero attached hydrogens (tertiary/aromatic N) is 1. The summed E-state index contributed by atoms with van der Waals surface area (Å²) in [6.07, 6.45) is 3.40. The first-order valence-electron chi connectivity index (χ1n) is 4.83. The molecule has 4 nitrogen and oxygen atoms in total. The van der Waals surface area contributed by atoms with Crippen LogP contribution >= 0.6 is 0 Å². The lowest BCUT2D eigenvalue weighted by Crippen LogP contribution is -2.31. The Labute approximate surface area is 77.3 Å². The zero-order valence-electron chi connectivity index (χ0n) is 7.75. The van der Waals surface area contributed by atoms with Gasteiger partial charge in [-0.25, -0.2) is 4.79 Å². The van der Waals surface area contributed by atoms with E-state index in [1.807, 2.05) is 0 Å². The maximum absolute atomic E-state index is 11.2. The van der Waals surface area contributed by atoms with E-state index in [4.69, 9.17) is 0 Å². The van der Waals surface area contributed by atoms with Gasteiger partial charge in [0.2, 0.25) is 5.91 Å². The maximum Gasteiger partial charge on any atom is 0.324 e. The number of carbonyl (C=O) groups is 2. The normalized spacial score (nSPS) is 32.2. The minimum atomic E-state index is -0.200. The minimum absolute atomic E-state index is 0.160. The van der Waals surface area contributed by atoms with Crippen LogP contribution in [0.1, 0.15) is 26.2 Å². The molecule has 0 aromatic carbocycles. The second-order valence-electron chi connectivity index (χ2n) is 3.83. The predicted molar refractivity (Wildman–Crippen MR) is 47.0 cm³/mol. The zero-order chi connectivity index (χ0) is 9.42. The van der Waals surface area contributed by atoms with E-state index in [1.54, 1.807) is 4.90 Å². The Bertz CT molecular complexity index is 252. The molecule has 2 aliphatic rings. The van der Waals surface area contributed by atoms with Gasteiger partial charge in [0.25, 0.3) is 0 Å². The molecule has 0 aromatic heterocycles. The van der Waals surface area contributed by atoms with Crippen LogP contribution in [0.25, 0.3) is 0 Å². The molecule has 2 unspecified atom stereocenters. The van der Waals surface area contributed by atoms with E-state index >= 15 is 0 Å². The fraction of sp³-hybridized carbons (Fsp3) is 0.778. The van der Waals surface area contributed by atoms with Crippen molar-refractivity contribution in [2.24, 2.45) is 5.92 Å². The number of nitrogens with one attached hydrogen (secondary N) is 1. The van der Waals surface area contributed by atoms with Gasteiger partial charge in [0.1, 0.15) is 6.54 Å². The summed E-state index contributed by atoms with van der Waals surface area (Å²) < 4.78 is 0. The van der Waals surface area contributed by atoms with Gasteiger partial charge in [0, 0.05) is 6.04 Å². The van der Waals surface area contributed by atoms with Crippen LogP contribution < -0.4 is 5.32 Å². The van der Waals surface area contributed by atoms with E-state index in [9.17, 15) is 9.59 Å². The molecule has 1 N–H and O–H groups in total. The van der Waals surface area contributed by atoms with Gasteiger partial charge in [-0.3, -0.25) is 10.1 Å². The summed E-state index contributed by atoms with van der Waals surface area (Å²) in [6.45, 7) is 2.41. The zero-order valence-corrected chi connectivity index (χ0v) is 7.75. The van der Waals surface area contributed by atoms with Crippen LogP contribution in [0.2, 0.25) is 0 Å². The molecular weight excluding hydrogens is 168 g/mol. The third-order valence-electron chi connectivity index (χ3n) is 2.77. The summed E-state index contributed by atoms with van der Waals surface area (Å²) in [5, 5.41) is 2.30. The Morgan fingerprint density at radius 3 is 2.85 bits per heavy atom. The van der Waals surface area contributed by atoms with Gasteiger partial charge >= 0.3 is 6.03 Å². The second kappa shape index (κ2) is 3.01. The third kappa shape index (κ3) is 1.53. The van der Waals surface area contributed by atoms with Crippen LogP contribution in [0.4, 0.5) is 4.79 Å². The number of hydrogen-bond acceptors (Lipinski definition) is 2. The van der Waals surface area contributed by atoms with Gasteiger partial charge in [-0.2, -0.15) is 0 Å². The summed E-state index contributed by atoms with van der Waals surface area (Å²) in [5.41, 5.74) is 0. The standard InChI is InChI=1S/C9H14N2O2/c1-2-3-6-4-7(6)11-5-8(12)10-9(11)13/h6-7H,2-5H2,1H3,(H,10,12,13). The van der Waals surface area contributed by atoms with Crippen molar-refractivity contribution in [1.82, 2.24) is 10.2 Å². The third-order valence-corrected chi connectivity index (χ3v) is 2.77. The number of imide groups is 1. The average molecular weight is 182 g/mol. The SMILES string of the molecule is CCCC1CC1N1CC(=O)NC1=O. The molecular formula is C9H14N2O2. The molecule has 2 atom stereocenters. The minimum Gasteiger partial charge on any atom is -0.312 e. The lowest BCUT2D eigenvalue weighted by Gasteiger charge is -2.12. The molecule has 1 aliphatic heterocycles. The fourth-order valence-electron chi connectivity index (χ4n) is 2.02. The molecule has 0 bridgehead atoms. The van der Waals surface area contributed by atoms with Gasteiger partial charge in [0.15, 0.2) is 0 Å². The first kappa shape index (κ1) is 8.53. The van der Waals surface area contributed by atoms with Crippen molar-refractivity contribution in [3.8, 4) is 0 Å². The van der Waals surface area contributed by atoms with Gasteiger partial charge in [-0.15, -0.1) is 0 Å². The second-order valence-corrected chi connectivity index (χ2v) is 3.83. The number of carbonyl (C=O) groups excluding carboxylic acids is 2. The van der Waals surface area contributed by atoms with Gasteiger partial charge < -0.3 is 4.90 Å². The Morgan fingerprint density at radius 1 is 1.54 bits per heavy atom. The molecule has 1 saturated carbocycles. The first-order valence-corrected chi connectivity index (χ1v) is 4.83. The van der Waals surface area contributed by atoms with Crippen molar-refractivity contribution in [2.75, 3.05) is 6.54 Å². The van der Waals surface area contributed by atoms with Crippen molar-refractivity contribution >= 4 is 11.9 Å². The quantitative estimate of drug-likeness (QED) is 0.654. The monoisotopic (exact) mass is 182 g/mol. The smallest absolute Gasteiger partial charge is 0.312 e. The van der Waals surface area contributed by atoms with Crippen LogP contribution in [0.3, 0.4) is 0 Å². The highest BCUT2D eigenvalue weighted by Crippen LogP contribution is 2.39. The predicted octanol–water partition coefficient (Wildman–Crippen LogP) is 0.727. The highest BCUT2D eigenvalue weighted by atomic mass is 16.2. The number of urea groups is 1. The number of amides is 3. The molecule has 1 aliphatic carbocycles. The molecule has 2 rings (SSSR count). The lowest BCUT2D eigenvalue weighted by atomic mass is 10.2. The molecule has 2 fully saturated rings. The Kier molecular flexibility index (Phi) is 1.98. The summed E-state index contributed by atoms with van der Waals surface area (Å²) >= 11 is 0. The largest absolute Gasteiger partial charge is 0.324 e. The lowest BCUT2D eigenvalue weighted by molar-refractivity contribution is -0.118.